The molecule has 0 saturated carbocycles. The number of carbonyl (C=O) groups excluding carboxylic acids is 1. The minimum Gasteiger partial charge on any atom is -0.296 e. The van der Waals surface area contributed by atoms with Crippen molar-refractivity contribution in [1.82, 2.24) is 15.2 Å². The second-order valence-electron chi connectivity index (χ2n) is 2.69. The Hall–Kier alpha value is -2.04. The maximum Gasteiger partial charge on any atom is 0.167 e. The van der Waals surface area contributed by atoms with E-state index < -0.39 is 5.82 Å². The number of carbonyl (C=O) groups is 1. The molecule has 0 aliphatic rings. The molecule has 0 bridgehead atoms. The molecule has 0 amide bonds. The number of aldehydes is 1. The molecule has 2 heterocycles. The van der Waals surface area contributed by atoms with E-state index in [1.807, 2.05) is 0 Å². The van der Waals surface area contributed by atoms with Crippen molar-refractivity contribution in [2.75, 3.05) is 0 Å². The van der Waals surface area contributed by atoms with Gasteiger partial charge in [0.15, 0.2) is 6.29 Å². The lowest BCUT2D eigenvalue weighted by molar-refractivity contribution is 0.111. The van der Waals surface area contributed by atoms with Crippen LogP contribution in [0.15, 0.2) is 24.4 Å². The molecule has 0 unspecified atom stereocenters. The van der Waals surface area contributed by atoms with Crippen molar-refractivity contribution < 1.29 is 9.18 Å². The highest BCUT2D eigenvalue weighted by molar-refractivity contribution is 5.74. The lowest BCUT2D eigenvalue weighted by Crippen LogP contribution is -1.84. The van der Waals surface area contributed by atoms with Gasteiger partial charge in [0, 0.05) is 0 Å². The first-order valence-electron chi connectivity index (χ1n) is 3.92. The first kappa shape index (κ1) is 8.55. The molecule has 5 heteroatoms. The summed E-state index contributed by atoms with van der Waals surface area (Å²) in [5, 5.41) is 6.36. The molecular weight excluding hydrogens is 185 g/mol. The summed E-state index contributed by atoms with van der Waals surface area (Å²) in [7, 11) is 0. The Labute approximate surface area is 78.8 Å². The summed E-state index contributed by atoms with van der Waals surface area (Å²) in [5.41, 5.74) is 1.41. The molecule has 0 radical (unpaired) electrons. The normalized spacial score (nSPS) is 10.1. The number of pyridine rings is 1. The van der Waals surface area contributed by atoms with Crippen molar-refractivity contribution in [3.05, 3.63) is 35.9 Å². The standard InChI is InChI=1S/C9H6FN3O/c10-6-1-2-8(11-4-6)9-3-7(5-14)12-13-9/h1-5H,(H,12,13). The second-order valence-corrected chi connectivity index (χ2v) is 2.69. The van der Waals surface area contributed by atoms with E-state index in [1.54, 1.807) is 6.07 Å². The van der Waals surface area contributed by atoms with E-state index in [9.17, 15) is 9.18 Å². The van der Waals surface area contributed by atoms with Crippen LogP contribution in [0.1, 0.15) is 10.5 Å². The molecule has 0 atom stereocenters. The fraction of sp³-hybridized carbons (Fsp3) is 0. The maximum absolute atomic E-state index is 12.5. The Morgan fingerprint density at radius 3 is 2.79 bits per heavy atom. The average molecular weight is 191 g/mol. The molecule has 0 aliphatic heterocycles. The predicted octanol–water partition coefficient (Wildman–Crippen LogP) is 1.42. The van der Waals surface area contributed by atoms with Gasteiger partial charge in [-0.2, -0.15) is 5.10 Å². The second kappa shape index (κ2) is 3.37. The molecule has 2 aromatic rings. The van der Waals surface area contributed by atoms with Crippen LogP contribution >= 0.6 is 0 Å². The number of aromatic nitrogens is 3. The van der Waals surface area contributed by atoms with E-state index in [-0.39, 0.29) is 0 Å². The summed E-state index contributed by atoms with van der Waals surface area (Å²) in [6.07, 6.45) is 1.75. The third kappa shape index (κ3) is 1.52. The summed E-state index contributed by atoms with van der Waals surface area (Å²) in [5.74, 6) is -0.403. The van der Waals surface area contributed by atoms with Gasteiger partial charge >= 0.3 is 0 Å². The first-order chi connectivity index (χ1) is 6.79. The van der Waals surface area contributed by atoms with Crippen molar-refractivity contribution in [2.45, 2.75) is 0 Å². The lowest BCUT2D eigenvalue weighted by Gasteiger charge is -1.92. The molecule has 0 aromatic carbocycles. The largest absolute Gasteiger partial charge is 0.296 e. The average Bonchev–Trinajstić information content (AvgIpc) is 2.67. The number of hydrogen-bond acceptors (Lipinski definition) is 3. The SMILES string of the molecule is O=Cc1cc(-c2ccc(F)cn2)n[nH]1. The van der Waals surface area contributed by atoms with Gasteiger partial charge in [0.25, 0.3) is 0 Å². The number of aromatic amines is 1. The number of hydrogen-bond donors (Lipinski definition) is 1. The third-order valence-corrected chi connectivity index (χ3v) is 1.71. The highest BCUT2D eigenvalue weighted by atomic mass is 19.1. The number of halogens is 1. The van der Waals surface area contributed by atoms with Crippen LogP contribution in [0.2, 0.25) is 0 Å². The zero-order valence-electron chi connectivity index (χ0n) is 7.07. The molecule has 0 fully saturated rings. The Bertz CT molecular complexity index is 449. The minimum atomic E-state index is -0.403. The van der Waals surface area contributed by atoms with E-state index >= 15 is 0 Å². The van der Waals surface area contributed by atoms with Gasteiger partial charge in [0.2, 0.25) is 0 Å². The maximum atomic E-state index is 12.5. The fourth-order valence-corrected chi connectivity index (χ4v) is 1.06. The predicted molar refractivity (Wildman–Crippen MR) is 47.2 cm³/mol. The molecule has 2 rings (SSSR count). The van der Waals surface area contributed by atoms with Gasteiger partial charge in [0.1, 0.15) is 11.5 Å². The molecule has 0 saturated heterocycles. The van der Waals surface area contributed by atoms with Crippen LogP contribution in [-0.2, 0) is 0 Å². The zero-order chi connectivity index (χ0) is 9.97. The topological polar surface area (TPSA) is 58.6 Å². The van der Waals surface area contributed by atoms with E-state index in [1.165, 1.54) is 12.1 Å². The van der Waals surface area contributed by atoms with Crippen LogP contribution in [0.25, 0.3) is 11.4 Å². The van der Waals surface area contributed by atoms with Gasteiger partial charge in [-0.15, -0.1) is 0 Å². The Morgan fingerprint density at radius 2 is 2.21 bits per heavy atom. The number of H-pyrrole nitrogens is 1. The van der Waals surface area contributed by atoms with Crippen molar-refractivity contribution in [1.29, 1.82) is 0 Å². The number of nitrogens with zero attached hydrogens (tertiary/aromatic N) is 2. The van der Waals surface area contributed by atoms with E-state index in [0.717, 1.165) is 6.20 Å². The van der Waals surface area contributed by atoms with Gasteiger partial charge in [-0.3, -0.25) is 14.9 Å². The molecule has 1 N–H and O–H groups in total. The van der Waals surface area contributed by atoms with Crippen molar-refractivity contribution >= 4 is 6.29 Å². The van der Waals surface area contributed by atoms with Gasteiger partial charge in [-0.25, -0.2) is 4.39 Å². The third-order valence-electron chi connectivity index (χ3n) is 1.71. The molecule has 14 heavy (non-hydrogen) atoms. The highest BCUT2D eigenvalue weighted by Crippen LogP contribution is 2.13. The first-order valence-corrected chi connectivity index (χ1v) is 3.92. The lowest BCUT2D eigenvalue weighted by atomic mass is 10.2. The van der Waals surface area contributed by atoms with Crippen molar-refractivity contribution in [2.24, 2.45) is 0 Å². The van der Waals surface area contributed by atoms with Gasteiger partial charge in [0.05, 0.1) is 17.6 Å². The fourth-order valence-electron chi connectivity index (χ4n) is 1.06. The summed E-state index contributed by atoms with van der Waals surface area (Å²) in [6.45, 7) is 0. The van der Waals surface area contributed by atoms with Gasteiger partial charge < -0.3 is 0 Å². The zero-order valence-corrected chi connectivity index (χ0v) is 7.07. The molecule has 70 valence electrons. The Morgan fingerprint density at radius 1 is 1.36 bits per heavy atom. The quantitative estimate of drug-likeness (QED) is 0.730. The van der Waals surface area contributed by atoms with E-state index in [0.29, 0.717) is 23.4 Å². The minimum absolute atomic E-state index is 0.367. The molecule has 0 spiro atoms. The van der Waals surface area contributed by atoms with Crippen LogP contribution in [0.5, 0.6) is 0 Å². The van der Waals surface area contributed by atoms with Crippen molar-refractivity contribution in [3.63, 3.8) is 0 Å². The van der Waals surface area contributed by atoms with E-state index in [4.69, 9.17) is 0 Å². The van der Waals surface area contributed by atoms with Crippen LogP contribution in [0.4, 0.5) is 4.39 Å². The smallest absolute Gasteiger partial charge is 0.167 e. The molecular formula is C9H6FN3O. The molecule has 2 aromatic heterocycles. The molecule has 4 nitrogen and oxygen atoms in total. The highest BCUT2D eigenvalue weighted by Gasteiger charge is 2.04. The van der Waals surface area contributed by atoms with Gasteiger partial charge in [-0.1, -0.05) is 0 Å². The Balaban J connectivity index is 2.39. The van der Waals surface area contributed by atoms with Gasteiger partial charge in [-0.05, 0) is 18.2 Å². The Kier molecular flexibility index (Phi) is 2.06. The van der Waals surface area contributed by atoms with Crippen LogP contribution < -0.4 is 0 Å². The van der Waals surface area contributed by atoms with E-state index in [2.05, 4.69) is 15.2 Å². The van der Waals surface area contributed by atoms with Crippen LogP contribution in [0.3, 0.4) is 0 Å². The van der Waals surface area contributed by atoms with Crippen molar-refractivity contribution in [3.8, 4) is 11.4 Å². The number of nitrogens with one attached hydrogen (secondary N) is 1. The molecule has 0 aliphatic carbocycles. The monoisotopic (exact) mass is 191 g/mol. The number of rotatable bonds is 2. The van der Waals surface area contributed by atoms with Crippen LogP contribution in [0, 0.1) is 5.82 Å². The van der Waals surface area contributed by atoms with Crippen LogP contribution in [-0.4, -0.2) is 21.5 Å². The summed E-state index contributed by atoms with van der Waals surface area (Å²) in [6, 6.07) is 4.34. The summed E-state index contributed by atoms with van der Waals surface area (Å²) in [4.78, 5) is 14.2. The summed E-state index contributed by atoms with van der Waals surface area (Å²) < 4.78 is 12.5. The summed E-state index contributed by atoms with van der Waals surface area (Å²) >= 11 is 0.